The quantitative estimate of drug-likeness (QED) is 0.598. The van der Waals surface area contributed by atoms with Gasteiger partial charge in [-0.25, -0.2) is 0 Å². The Labute approximate surface area is 102 Å². The molecule has 0 aliphatic heterocycles. The fraction of sp³-hybridized carbons (Fsp3) is 0.667. The first kappa shape index (κ1) is 12.0. The van der Waals surface area contributed by atoms with Gasteiger partial charge in [0.1, 0.15) is 0 Å². The molecular formula is C12H20N4O. The van der Waals surface area contributed by atoms with Crippen molar-refractivity contribution in [3.63, 3.8) is 0 Å². The summed E-state index contributed by atoms with van der Waals surface area (Å²) >= 11 is 0. The largest absolute Gasteiger partial charge is 0.359 e. The number of aromatic nitrogens is 1. The van der Waals surface area contributed by atoms with Crippen molar-refractivity contribution in [2.45, 2.75) is 32.7 Å². The maximum Gasteiger partial charge on any atom is 0.191 e. The molecule has 1 aromatic heterocycles. The van der Waals surface area contributed by atoms with E-state index in [-0.39, 0.29) is 0 Å². The topological polar surface area (TPSA) is 62.5 Å². The molecule has 1 aliphatic rings. The summed E-state index contributed by atoms with van der Waals surface area (Å²) in [6, 6.07) is 1.97. The lowest BCUT2D eigenvalue weighted by atomic mass is 10.3. The molecule has 0 atom stereocenters. The van der Waals surface area contributed by atoms with Gasteiger partial charge in [-0.05, 0) is 25.2 Å². The second-order valence-electron chi connectivity index (χ2n) is 4.39. The minimum absolute atomic E-state index is 0.622. The van der Waals surface area contributed by atoms with E-state index in [1.165, 1.54) is 12.8 Å². The summed E-state index contributed by atoms with van der Waals surface area (Å²) in [7, 11) is 1.78. The predicted octanol–water partition coefficient (Wildman–Crippen LogP) is 1.31. The zero-order valence-electron chi connectivity index (χ0n) is 10.5. The van der Waals surface area contributed by atoms with Crippen LogP contribution in [0.4, 0.5) is 0 Å². The van der Waals surface area contributed by atoms with E-state index in [4.69, 9.17) is 4.52 Å². The van der Waals surface area contributed by atoms with Crippen LogP contribution in [-0.4, -0.2) is 24.7 Å². The van der Waals surface area contributed by atoms with Gasteiger partial charge in [0.05, 0.1) is 12.2 Å². The molecule has 0 bridgehead atoms. The number of nitrogens with zero attached hydrogens (tertiary/aromatic N) is 2. The third kappa shape index (κ3) is 3.76. The van der Waals surface area contributed by atoms with Crippen molar-refractivity contribution < 1.29 is 4.52 Å². The molecule has 0 amide bonds. The Hall–Kier alpha value is -1.52. The SMILES string of the molecule is CCc1cc(CNC(=NC)NCC2CC2)on1. The van der Waals surface area contributed by atoms with Crippen molar-refractivity contribution in [2.75, 3.05) is 13.6 Å². The van der Waals surface area contributed by atoms with E-state index in [2.05, 4.69) is 27.7 Å². The van der Waals surface area contributed by atoms with Crippen molar-refractivity contribution in [2.24, 2.45) is 10.9 Å². The summed E-state index contributed by atoms with van der Waals surface area (Å²) in [5.74, 6) is 2.51. The lowest BCUT2D eigenvalue weighted by Gasteiger charge is -2.09. The number of hydrogen-bond acceptors (Lipinski definition) is 3. The molecule has 0 aromatic carbocycles. The molecule has 94 valence electrons. The number of hydrogen-bond donors (Lipinski definition) is 2. The van der Waals surface area contributed by atoms with Crippen LogP contribution in [0, 0.1) is 5.92 Å². The fourth-order valence-electron chi connectivity index (χ4n) is 1.56. The third-order valence-electron chi connectivity index (χ3n) is 2.88. The second-order valence-corrected chi connectivity index (χ2v) is 4.39. The molecule has 0 unspecified atom stereocenters. The fourth-order valence-corrected chi connectivity index (χ4v) is 1.56. The summed E-state index contributed by atoms with van der Waals surface area (Å²) in [6.07, 6.45) is 3.58. The van der Waals surface area contributed by atoms with Crippen LogP contribution >= 0.6 is 0 Å². The van der Waals surface area contributed by atoms with E-state index in [1.54, 1.807) is 7.05 Å². The van der Waals surface area contributed by atoms with Crippen molar-refractivity contribution in [3.8, 4) is 0 Å². The monoisotopic (exact) mass is 236 g/mol. The van der Waals surface area contributed by atoms with Crippen LogP contribution in [0.25, 0.3) is 0 Å². The molecule has 5 nitrogen and oxygen atoms in total. The van der Waals surface area contributed by atoms with Gasteiger partial charge in [-0.2, -0.15) is 0 Å². The molecule has 2 N–H and O–H groups in total. The van der Waals surface area contributed by atoms with Crippen LogP contribution in [0.5, 0.6) is 0 Å². The van der Waals surface area contributed by atoms with Crippen LogP contribution < -0.4 is 10.6 Å². The van der Waals surface area contributed by atoms with Crippen molar-refractivity contribution in [1.82, 2.24) is 15.8 Å². The van der Waals surface area contributed by atoms with Crippen molar-refractivity contribution in [1.29, 1.82) is 0 Å². The van der Waals surface area contributed by atoms with Crippen LogP contribution in [0.3, 0.4) is 0 Å². The number of nitrogens with one attached hydrogen (secondary N) is 2. The molecule has 1 heterocycles. The van der Waals surface area contributed by atoms with Crippen LogP contribution in [0.2, 0.25) is 0 Å². The first-order chi connectivity index (χ1) is 8.31. The van der Waals surface area contributed by atoms with Crippen LogP contribution in [0.1, 0.15) is 31.2 Å². The van der Waals surface area contributed by atoms with Gasteiger partial charge in [-0.15, -0.1) is 0 Å². The van der Waals surface area contributed by atoms with E-state index in [0.29, 0.717) is 6.54 Å². The normalized spacial score (nSPS) is 16.0. The van der Waals surface area contributed by atoms with E-state index in [0.717, 1.165) is 36.3 Å². The molecule has 1 fully saturated rings. The highest BCUT2D eigenvalue weighted by molar-refractivity contribution is 5.79. The summed E-state index contributed by atoms with van der Waals surface area (Å²) in [5.41, 5.74) is 0.989. The summed E-state index contributed by atoms with van der Waals surface area (Å²) in [5, 5.41) is 10.5. The maximum absolute atomic E-state index is 5.19. The minimum Gasteiger partial charge on any atom is -0.359 e. The lowest BCUT2D eigenvalue weighted by molar-refractivity contribution is 0.374. The molecular weight excluding hydrogens is 216 g/mol. The number of aryl methyl sites for hydroxylation is 1. The molecule has 1 saturated carbocycles. The Balaban J connectivity index is 1.74. The van der Waals surface area contributed by atoms with Gasteiger partial charge in [-0.3, -0.25) is 4.99 Å². The highest BCUT2D eigenvalue weighted by atomic mass is 16.5. The van der Waals surface area contributed by atoms with Gasteiger partial charge in [0.15, 0.2) is 11.7 Å². The Bertz CT molecular complexity index is 382. The van der Waals surface area contributed by atoms with Gasteiger partial charge in [0, 0.05) is 19.7 Å². The first-order valence-electron chi connectivity index (χ1n) is 6.20. The molecule has 2 rings (SSSR count). The van der Waals surface area contributed by atoms with Gasteiger partial charge in [0.2, 0.25) is 0 Å². The zero-order chi connectivity index (χ0) is 12.1. The molecule has 5 heteroatoms. The molecule has 0 spiro atoms. The van der Waals surface area contributed by atoms with Gasteiger partial charge < -0.3 is 15.2 Å². The highest BCUT2D eigenvalue weighted by Crippen LogP contribution is 2.27. The molecule has 0 saturated heterocycles. The smallest absolute Gasteiger partial charge is 0.191 e. The molecule has 0 radical (unpaired) electrons. The standard InChI is InChI=1S/C12H20N4O/c1-3-10-6-11(17-16-10)8-15-12(13-2)14-7-9-4-5-9/h6,9H,3-5,7-8H2,1-2H3,(H2,13,14,15). The summed E-state index contributed by atoms with van der Waals surface area (Å²) in [4.78, 5) is 4.16. The van der Waals surface area contributed by atoms with E-state index in [1.807, 2.05) is 6.07 Å². The van der Waals surface area contributed by atoms with Crippen LogP contribution in [0.15, 0.2) is 15.6 Å². The Kier molecular flexibility index (Phi) is 4.01. The predicted molar refractivity (Wildman–Crippen MR) is 66.8 cm³/mol. The summed E-state index contributed by atoms with van der Waals surface area (Å²) < 4.78 is 5.19. The summed E-state index contributed by atoms with van der Waals surface area (Å²) in [6.45, 7) is 3.69. The number of rotatable bonds is 5. The average molecular weight is 236 g/mol. The average Bonchev–Trinajstić information content (AvgIpc) is 3.07. The number of aliphatic imine (C=N–C) groups is 1. The highest BCUT2D eigenvalue weighted by Gasteiger charge is 2.21. The first-order valence-corrected chi connectivity index (χ1v) is 6.20. The molecule has 1 aromatic rings. The van der Waals surface area contributed by atoms with Gasteiger partial charge in [0.25, 0.3) is 0 Å². The molecule has 1 aliphatic carbocycles. The Morgan fingerprint density at radius 1 is 1.53 bits per heavy atom. The third-order valence-corrected chi connectivity index (χ3v) is 2.88. The van der Waals surface area contributed by atoms with Crippen molar-refractivity contribution in [3.05, 3.63) is 17.5 Å². The Morgan fingerprint density at radius 3 is 2.94 bits per heavy atom. The van der Waals surface area contributed by atoms with Crippen LogP contribution in [-0.2, 0) is 13.0 Å². The minimum atomic E-state index is 0.622. The zero-order valence-corrected chi connectivity index (χ0v) is 10.5. The lowest BCUT2D eigenvalue weighted by Crippen LogP contribution is -2.37. The van der Waals surface area contributed by atoms with E-state index in [9.17, 15) is 0 Å². The maximum atomic E-state index is 5.19. The van der Waals surface area contributed by atoms with E-state index >= 15 is 0 Å². The van der Waals surface area contributed by atoms with E-state index < -0.39 is 0 Å². The Morgan fingerprint density at radius 2 is 2.35 bits per heavy atom. The van der Waals surface area contributed by atoms with Crippen molar-refractivity contribution >= 4 is 5.96 Å². The van der Waals surface area contributed by atoms with Gasteiger partial charge in [-0.1, -0.05) is 12.1 Å². The second kappa shape index (κ2) is 5.70. The van der Waals surface area contributed by atoms with Gasteiger partial charge >= 0.3 is 0 Å². The molecule has 17 heavy (non-hydrogen) atoms. The number of guanidine groups is 1.